The van der Waals surface area contributed by atoms with Crippen molar-refractivity contribution in [2.45, 2.75) is 33.2 Å². The molecule has 0 fully saturated rings. The van der Waals surface area contributed by atoms with Crippen molar-refractivity contribution in [3.8, 4) is 17.2 Å². The van der Waals surface area contributed by atoms with Crippen molar-refractivity contribution in [1.29, 1.82) is 0 Å². The third-order valence-electron chi connectivity index (χ3n) is 3.03. The fourth-order valence-electron chi connectivity index (χ4n) is 2.14. The molecule has 1 unspecified atom stereocenters. The largest absolute Gasteiger partial charge is 0.491 e. The van der Waals surface area contributed by atoms with Crippen LogP contribution in [0, 0.1) is 5.92 Å². The van der Waals surface area contributed by atoms with Crippen molar-refractivity contribution < 1.29 is 18.9 Å². The maximum Gasteiger partial charge on any atom is 0.231 e. The molecule has 0 spiro atoms. The number of hydrogen-bond donors (Lipinski definition) is 1. The van der Waals surface area contributed by atoms with Gasteiger partial charge in [0.1, 0.15) is 12.4 Å². The summed E-state index contributed by atoms with van der Waals surface area (Å²) in [5.74, 6) is 2.81. The van der Waals surface area contributed by atoms with Gasteiger partial charge in [0, 0.05) is 18.7 Å². The molecule has 2 N–H and O–H groups in total. The van der Waals surface area contributed by atoms with Crippen molar-refractivity contribution in [3.63, 3.8) is 0 Å². The summed E-state index contributed by atoms with van der Waals surface area (Å²) < 4.78 is 22.1. The quantitative estimate of drug-likeness (QED) is 0.746. The maximum absolute atomic E-state index is 5.90. The number of benzene rings is 1. The first-order valence-electron chi connectivity index (χ1n) is 7.45. The van der Waals surface area contributed by atoms with E-state index in [0.717, 1.165) is 35.8 Å². The zero-order valence-electron chi connectivity index (χ0n) is 13.1. The normalized spacial score (nSPS) is 14.5. The van der Waals surface area contributed by atoms with E-state index in [0.29, 0.717) is 19.1 Å². The van der Waals surface area contributed by atoms with E-state index in [1.54, 1.807) is 0 Å². The third-order valence-corrected chi connectivity index (χ3v) is 3.03. The SMILES string of the molecule is CC(C)COCCOc1cc2c(cc1CC(C)N)OCO2. The van der Waals surface area contributed by atoms with Crippen LogP contribution in [-0.4, -0.2) is 32.7 Å². The lowest BCUT2D eigenvalue weighted by molar-refractivity contribution is 0.0815. The minimum absolute atomic E-state index is 0.0601. The molecule has 0 amide bonds. The van der Waals surface area contributed by atoms with Crippen molar-refractivity contribution >= 4 is 0 Å². The van der Waals surface area contributed by atoms with E-state index in [-0.39, 0.29) is 12.8 Å². The highest BCUT2D eigenvalue weighted by Crippen LogP contribution is 2.38. The molecule has 118 valence electrons. The summed E-state index contributed by atoms with van der Waals surface area (Å²) in [5.41, 5.74) is 6.94. The first kappa shape index (κ1) is 15.9. The fraction of sp³-hybridized carbons (Fsp3) is 0.625. The predicted molar refractivity (Wildman–Crippen MR) is 81.1 cm³/mol. The summed E-state index contributed by atoms with van der Waals surface area (Å²) in [5, 5.41) is 0. The number of ether oxygens (including phenoxy) is 4. The van der Waals surface area contributed by atoms with Crippen molar-refractivity contribution in [3.05, 3.63) is 17.7 Å². The molecular weight excluding hydrogens is 270 g/mol. The van der Waals surface area contributed by atoms with Crippen LogP contribution in [0.3, 0.4) is 0 Å². The number of nitrogens with two attached hydrogens (primary N) is 1. The molecule has 5 heteroatoms. The lowest BCUT2D eigenvalue weighted by Gasteiger charge is -2.14. The Morgan fingerprint density at radius 1 is 1.14 bits per heavy atom. The van der Waals surface area contributed by atoms with Crippen molar-refractivity contribution in [1.82, 2.24) is 0 Å². The summed E-state index contributed by atoms with van der Waals surface area (Å²) in [6.45, 7) is 8.31. The lowest BCUT2D eigenvalue weighted by Crippen LogP contribution is -2.19. The smallest absolute Gasteiger partial charge is 0.231 e. The highest BCUT2D eigenvalue weighted by Gasteiger charge is 2.18. The van der Waals surface area contributed by atoms with Crippen LogP contribution in [0.1, 0.15) is 26.3 Å². The van der Waals surface area contributed by atoms with Gasteiger partial charge in [-0.3, -0.25) is 0 Å². The Labute approximate surface area is 126 Å². The third kappa shape index (κ3) is 4.79. The molecule has 5 nitrogen and oxygen atoms in total. The van der Waals surface area contributed by atoms with Gasteiger partial charge in [-0.25, -0.2) is 0 Å². The van der Waals surface area contributed by atoms with Crippen LogP contribution in [0.4, 0.5) is 0 Å². The lowest BCUT2D eigenvalue weighted by atomic mass is 10.1. The van der Waals surface area contributed by atoms with E-state index < -0.39 is 0 Å². The second-order valence-electron chi connectivity index (χ2n) is 5.81. The maximum atomic E-state index is 5.90. The molecule has 1 heterocycles. The van der Waals surface area contributed by atoms with Crippen LogP contribution in [0.5, 0.6) is 17.2 Å². The van der Waals surface area contributed by atoms with E-state index in [1.807, 2.05) is 19.1 Å². The van der Waals surface area contributed by atoms with Crippen LogP contribution in [0.15, 0.2) is 12.1 Å². The Balaban J connectivity index is 1.96. The van der Waals surface area contributed by atoms with E-state index in [1.165, 1.54) is 0 Å². The number of hydrogen-bond acceptors (Lipinski definition) is 5. The standard InChI is InChI=1S/C16H25NO4/c1-11(2)9-18-4-5-19-14-8-16-15(20-10-21-16)7-13(14)6-12(3)17/h7-8,11-12H,4-6,9-10,17H2,1-3H3. The second kappa shape index (κ2) is 7.52. The van der Waals surface area contributed by atoms with Gasteiger partial charge in [-0.05, 0) is 30.9 Å². The molecule has 0 aliphatic carbocycles. The molecule has 0 saturated heterocycles. The topological polar surface area (TPSA) is 62.9 Å². The van der Waals surface area contributed by atoms with Crippen LogP contribution in [0.2, 0.25) is 0 Å². The molecule has 1 aromatic carbocycles. The molecule has 21 heavy (non-hydrogen) atoms. The molecule has 0 bridgehead atoms. The molecule has 0 saturated carbocycles. The molecule has 1 aliphatic heterocycles. The van der Waals surface area contributed by atoms with E-state index in [4.69, 9.17) is 24.7 Å². The van der Waals surface area contributed by atoms with Crippen LogP contribution in [-0.2, 0) is 11.2 Å². The summed E-state index contributed by atoms with van der Waals surface area (Å²) in [7, 11) is 0. The van der Waals surface area contributed by atoms with Crippen LogP contribution < -0.4 is 19.9 Å². The molecule has 2 rings (SSSR count). The number of fused-ring (bicyclic) bond motifs is 1. The molecule has 1 aliphatic rings. The van der Waals surface area contributed by atoms with Gasteiger partial charge in [0.2, 0.25) is 6.79 Å². The summed E-state index contributed by atoms with van der Waals surface area (Å²) >= 11 is 0. The molecule has 1 aromatic rings. The Morgan fingerprint density at radius 2 is 1.86 bits per heavy atom. The van der Waals surface area contributed by atoms with Gasteiger partial charge in [0.25, 0.3) is 0 Å². The van der Waals surface area contributed by atoms with Crippen molar-refractivity contribution in [2.24, 2.45) is 11.7 Å². The summed E-state index contributed by atoms with van der Waals surface area (Å²) in [4.78, 5) is 0. The Kier molecular flexibility index (Phi) is 5.70. The molecule has 0 radical (unpaired) electrons. The monoisotopic (exact) mass is 295 g/mol. The van der Waals surface area contributed by atoms with Gasteiger partial charge in [0.15, 0.2) is 11.5 Å². The zero-order chi connectivity index (χ0) is 15.2. The van der Waals surface area contributed by atoms with Crippen LogP contribution >= 0.6 is 0 Å². The van der Waals surface area contributed by atoms with Gasteiger partial charge in [-0.1, -0.05) is 13.8 Å². The average Bonchev–Trinajstić information content (AvgIpc) is 2.84. The minimum Gasteiger partial charge on any atom is -0.491 e. The van der Waals surface area contributed by atoms with E-state index in [9.17, 15) is 0 Å². The van der Waals surface area contributed by atoms with Crippen molar-refractivity contribution in [2.75, 3.05) is 26.6 Å². The summed E-state index contributed by atoms with van der Waals surface area (Å²) in [6, 6.07) is 3.89. The van der Waals surface area contributed by atoms with E-state index >= 15 is 0 Å². The molecular formula is C16H25NO4. The highest BCUT2D eigenvalue weighted by atomic mass is 16.7. The molecule has 1 atom stereocenters. The number of rotatable bonds is 8. The van der Waals surface area contributed by atoms with E-state index in [2.05, 4.69) is 13.8 Å². The summed E-state index contributed by atoms with van der Waals surface area (Å²) in [6.07, 6.45) is 0.735. The Hall–Kier alpha value is -1.46. The van der Waals surface area contributed by atoms with Gasteiger partial charge in [0.05, 0.1) is 6.61 Å². The van der Waals surface area contributed by atoms with Gasteiger partial charge in [-0.2, -0.15) is 0 Å². The first-order valence-corrected chi connectivity index (χ1v) is 7.45. The Morgan fingerprint density at radius 3 is 2.52 bits per heavy atom. The highest BCUT2D eigenvalue weighted by molar-refractivity contribution is 5.52. The Bertz CT molecular complexity index is 460. The average molecular weight is 295 g/mol. The molecule has 0 aromatic heterocycles. The van der Waals surface area contributed by atoms with Gasteiger partial charge >= 0.3 is 0 Å². The zero-order valence-corrected chi connectivity index (χ0v) is 13.1. The minimum atomic E-state index is 0.0601. The van der Waals surface area contributed by atoms with Crippen LogP contribution in [0.25, 0.3) is 0 Å². The fourth-order valence-corrected chi connectivity index (χ4v) is 2.14. The second-order valence-corrected chi connectivity index (χ2v) is 5.81. The first-order chi connectivity index (χ1) is 10.1. The predicted octanol–water partition coefficient (Wildman–Crippen LogP) is 2.36. The van der Waals surface area contributed by atoms with Gasteiger partial charge in [-0.15, -0.1) is 0 Å². The van der Waals surface area contributed by atoms with Gasteiger partial charge < -0.3 is 24.7 Å².